The number of Topliss-reactive ketones (excluding diaryl/α,β-unsaturated/α-hetero) is 1. The lowest BCUT2D eigenvalue weighted by Crippen LogP contribution is -2.41. The minimum atomic E-state index is -0.230. The molecule has 0 fully saturated rings. The third-order valence-electron chi connectivity index (χ3n) is 3.17. The number of carbonyl (C=O) groups is 1. The van der Waals surface area contributed by atoms with Crippen LogP contribution in [0.3, 0.4) is 0 Å². The van der Waals surface area contributed by atoms with Crippen LogP contribution in [0, 0.1) is 17.2 Å². The van der Waals surface area contributed by atoms with Crippen LogP contribution in [0.25, 0.3) is 0 Å². The Morgan fingerprint density at radius 1 is 1.30 bits per heavy atom. The number of nitriles is 1. The summed E-state index contributed by atoms with van der Waals surface area (Å²) in [6.45, 7) is 7.55. The Bertz CT molecular complexity index is 476. The van der Waals surface area contributed by atoms with Crippen molar-refractivity contribution in [3.63, 3.8) is 0 Å². The van der Waals surface area contributed by atoms with E-state index in [1.807, 2.05) is 6.92 Å². The van der Waals surface area contributed by atoms with Crippen LogP contribution in [0.1, 0.15) is 37.6 Å². The molecule has 0 heterocycles. The summed E-state index contributed by atoms with van der Waals surface area (Å²) in [7, 11) is 0. The standard InChI is InChI=1S/C16H21ClN2O/c1-12(2)11-19(10-4-9-18)13(3)16(20)14-5-7-15(17)8-6-14/h5-8,12-13H,4,10-11H2,1-3H3. The third-order valence-corrected chi connectivity index (χ3v) is 3.42. The van der Waals surface area contributed by atoms with Crippen molar-refractivity contribution >= 4 is 17.4 Å². The third kappa shape index (κ3) is 4.96. The molecule has 0 N–H and O–H groups in total. The lowest BCUT2D eigenvalue weighted by molar-refractivity contribution is 0.0824. The maximum atomic E-state index is 12.5. The molecule has 108 valence electrons. The fraction of sp³-hybridized carbons (Fsp3) is 0.500. The Morgan fingerprint density at radius 2 is 1.90 bits per heavy atom. The first-order valence-electron chi connectivity index (χ1n) is 6.86. The van der Waals surface area contributed by atoms with Crippen LogP contribution in [-0.4, -0.2) is 29.8 Å². The molecule has 0 saturated heterocycles. The van der Waals surface area contributed by atoms with Crippen LogP contribution < -0.4 is 0 Å². The van der Waals surface area contributed by atoms with Crippen LogP contribution in [-0.2, 0) is 0 Å². The van der Waals surface area contributed by atoms with Gasteiger partial charge < -0.3 is 0 Å². The molecule has 0 spiro atoms. The van der Waals surface area contributed by atoms with E-state index in [2.05, 4.69) is 24.8 Å². The maximum Gasteiger partial charge on any atom is 0.179 e. The van der Waals surface area contributed by atoms with Crippen molar-refractivity contribution in [2.75, 3.05) is 13.1 Å². The smallest absolute Gasteiger partial charge is 0.179 e. The van der Waals surface area contributed by atoms with Gasteiger partial charge in [0.25, 0.3) is 0 Å². The van der Waals surface area contributed by atoms with Gasteiger partial charge in [0.15, 0.2) is 5.78 Å². The predicted octanol–water partition coefficient (Wildman–Crippen LogP) is 3.78. The average Bonchev–Trinajstić information content (AvgIpc) is 2.42. The minimum Gasteiger partial charge on any atom is -0.292 e. The number of ketones is 1. The number of benzene rings is 1. The molecule has 4 heteroatoms. The lowest BCUT2D eigenvalue weighted by atomic mass is 10.0. The molecule has 0 aliphatic carbocycles. The summed E-state index contributed by atoms with van der Waals surface area (Å²) in [6.07, 6.45) is 0.435. The Balaban J connectivity index is 2.81. The van der Waals surface area contributed by atoms with E-state index in [9.17, 15) is 4.79 Å². The van der Waals surface area contributed by atoms with Gasteiger partial charge in [-0.15, -0.1) is 0 Å². The number of carbonyl (C=O) groups excluding carboxylic acids is 1. The van der Waals surface area contributed by atoms with Crippen LogP contribution in [0.2, 0.25) is 5.02 Å². The molecule has 0 aliphatic rings. The summed E-state index contributed by atoms with van der Waals surface area (Å²) in [5.74, 6) is 0.523. The van der Waals surface area contributed by atoms with E-state index in [4.69, 9.17) is 16.9 Å². The van der Waals surface area contributed by atoms with Crippen LogP contribution in [0.4, 0.5) is 0 Å². The SMILES string of the molecule is CC(C)CN(CCC#N)C(C)C(=O)c1ccc(Cl)cc1. The van der Waals surface area contributed by atoms with Crippen molar-refractivity contribution in [3.05, 3.63) is 34.9 Å². The minimum absolute atomic E-state index is 0.0697. The van der Waals surface area contributed by atoms with E-state index in [1.165, 1.54) is 0 Å². The number of halogens is 1. The molecule has 0 amide bonds. The fourth-order valence-corrected chi connectivity index (χ4v) is 2.25. The largest absolute Gasteiger partial charge is 0.292 e. The van der Waals surface area contributed by atoms with Crippen molar-refractivity contribution in [3.8, 4) is 6.07 Å². The van der Waals surface area contributed by atoms with Crippen LogP contribution in [0.5, 0.6) is 0 Å². The van der Waals surface area contributed by atoms with Crippen molar-refractivity contribution < 1.29 is 4.79 Å². The summed E-state index contributed by atoms with van der Waals surface area (Å²) < 4.78 is 0. The maximum absolute atomic E-state index is 12.5. The number of rotatable bonds is 7. The summed E-state index contributed by atoms with van der Waals surface area (Å²) in [6, 6.07) is 8.86. The van der Waals surface area contributed by atoms with Gasteiger partial charge in [-0.3, -0.25) is 9.69 Å². The highest BCUT2D eigenvalue weighted by molar-refractivity contribution is 6.30. The van der Waals surface area contributed by atoms with Crippen molar-refractivity contribution in [1.29, 1.82) is 5.26 Å². The van der Waals surface area contributed by atoms with E-state index >= 15 is 0 Å². The molecule has 3 nitrogen and oxygen atoms in total. The molecule has 20 heavy (non-hydrogen) atoms. The van der Waals surface area contributed by atoms with E-state index < -0.39 is 0 Å². The highest BCUT2D eigenvalue weighted by Gasteiger charge is 2.22. The molecular weight excluding hydrogens is 272 g/mol. The quantitative estimate of drug-likeness (QED) is 0.718. The summed E-state index contributed by atoms with van der Waals surface area (Å²) >= 11 is 5.84. The van der Waals surface area contributed by atoms with E-state index in [0.29, 0.717) is 29.5 Å². The Morgan fingerprint density at radius 3 is 2.40 bits per heavy atom. The molecule has 1 unspecified atom stereocenters. The monoisotopic (exact) mass is 292 g/mol. The Hall–Kier alpha value is -1.37. The van der Waals surface area contributed by atoms with Gasteiger partial charge in [0.1, 0.15) is 0 Å². The molecule has 1 aromatic rings. The van der Waals surface area contributed by atoms with Gasteiger partial charge in [0, 0.05) is 30.1 Å². The summed E-state index contributed by atoms with van der Waals surface area (Å²) in [4.78, 5) is 14.5. The van der Waals surface area contributed by atoms with Crippen molar-refractivity contribution in [2.45, 2.75) is 33.2 Å². The van der Waals surface area contributed by atoms with Crippen LogP contribution in [0.15, 0.2) is 24.3 Å². The number of nitrogens with zero attached hydrogens (tertiary/aromatic N) is 2. The highest BCUT2D eigenvalue weighted by atomic mass is 35.5. The van der Waals surface area contributed by atoms with Gasteiger partial charge in [0.05, 0.1) is 12.1 Å². The topological polar surface area (TPSA) is 44.1 Å². The second kappa shape index (κ2) is 8.04. The zero-order valence-corrected chi connectivity index (χ0v) is 13.0. The molecule has 0 aliphatic heterocycles. The molecular formula is C16H21ClN2O. The summed E-state index contributed by atoms with van der Waals surface area (Å²) in [5, 5.41) is 9.36. The number of hydrogen-bond donors (Lipinski definition) is 0. The normalized spacial score (nSPS) is 12.4. The molecule has 1 aromatic carbocycles. The number of hydrogen-bond acceptors (Lipinski definition) is 3. The molecule has 1 rings (SSSR count). The van der Waals surface area contributed by atoms with Gasteiger partial charge in [-0.05, 0) is 37.1 Å². The zero-order valence-electron chi connectivity index (χ0n) is 12.3. The van der Waals surface area contributed by atoms with E-state index in [0.717, 1.165) is 6.54 Å². The van der Waals surface area contributed by atoms with Gasteiger partial charge >= 0.3 is 0 Å². The van der Waals surface area contributed by atoms with E-state index in [-0.39, 0.29) is 11.8 Å². The first-order chi connectivity index (χ1) is 9.45. The molecule has 0 bridgehead atoms. The lowest BCUT2D eigenvalue weighted by Gasteiger charge is -2.29. The van der Waals surface area contributed by atoms with Crippen molar-refractivity contribution in [2.24, 2.45) is 5.92 Å². The molecule has 0 radical (unpaired) electrons. The van der Waals surface area contributed by atoms with Gasteiger partial charge in [-0.1, -0.05) is 25.4 Å². The Labute approximate surface area is 126 Å². The van der Waals surface area contributed by atoms with Gasteiger partial charge in [-0.2, -0.15) is 5.26 Å². The second-order valence-corrected chi connectivity index (χ2v) is 5.78. The summed E-state index contributed by atoms with van der Waals surface area (Å²) in [5.41, 5.74) is 0.660. The van der Waals surface area contributed by atoms with Gasteiger partial charge in [-0.25, -0.2) is 0 Å². The first kappa shape index (κ1) is 16.7. The Kier molecular flexibility index (Phi) is 6.70. The molecule has 1 atom stereocenters. The zero-order chi connectivity index (χ0) is 15.1. The second-order valence-electron chi connectivity index (χ2n) is 5.34. The average molecular weight is 293 g/mol. The molecule has 0 saturated carbocycles. The fourth-order valence-electron chi connectivity index (χ4n) is 2.13. The van der Waals surface area contributed by atoms with Crippen molar-refractivity contribution in [1.82, 2.24) is 4.90 Å². The molecule has 0 aromatic heterocycles. The predicted molar refractivity (Wildman–Crippen MR) is 81.9 cm³/mol. The van der Waals surface area contributed by atoms with Gasteiger partial charge in [0.2, 0.25) is 0 Å². The first-order valence-corrected chi connectivity index (χ1v) is 7.24. The van der Waals surface area contributed by atoms with E-state index in [1.54, 1.807) is 24.3 Å². The van der Waals surface area contributed by atoms with Crippen LogP contribution >= 0.6 is 11.6 Å². The highest BCUT2D eigenvalue weighted by Crippen LogP contribution is 2.15.